The smallest absolute Gasteiger partial charge is 0.153 e. The lowest BCUT2D eigenvalue weighted by atomic mass is 10.2. The summed E-state index contributed by atoms with van der Waals surface area (Å²) in [5.41, 5.74) is 0. The molecule has 1 saturated heterocycles. The van der Waals surface area contributed by atoms with Crippen molar-refractivity contribution in [2.75, 3.05) is 50.2 Å². The fraction of sp³-hybridized carbons (Fsp3) is 1.00. The molecule has 0 saturated carbocycles. The minimum absolute atomic E-state index is 0.149. The van der Waals surface area contributed by atoms with Crippen LogP contribution in [0.2, 0.25) is 0 Å². The van der Waals surface area contributed by atoms with Crippen LogP contribution < -0.4 is 5.32 Å². The second-order valence-electron chi connectivity index (χ2n) is 4.35. The van der Waals surface area contributed by atoms with Crippen molar-refractivity contribution >= 4 is 21.6 Å². The Morgan fingerprint density at radius 1 is 1.44 bits per heavy atom. The van der Waals surface area contributed by atoms with Gasteiger partial charge in [0.25, 0.3) is 0 Å². The van der Waals surface area contributed by atoms with Crippen LogP contribution in [0, 0.1) is 0 Å². The number of thioether (sulfide) groups is 1. The molecule has 0 spiro atoms. The molecular weight excluding hydrogens is 244 g/mol. The summed E-state index contributed by atoms with van der Waals surface area (Å²) < 4.78 is 22.8. The van der Waals surface area contributed by atoms with E-state index in [4.69, 9.17) is 0 Å². The van der Waals surface area contributed by atoms with E-state index in [1.54, 1.807) is 0 Å². The van der Waals surface area contributed by atoms with Crippen molar-refractivity contribution in [2.45, 2.75) is 12.5 Å². The third-order valence-electron chi connectivity index (χ3n) is 2.84. The summed E-state index contributed by atoms with van der Waals surface area (Å²) in [6, 6.07) is 0.149. The van der Waals surface area contributed by atoms with Gasteiger partial charge in [0.2, 0.25) is 0 Å². The van der Waals surface area contributed by atoms with E-state index in [1.807, 2.05) is 11.8 Å². The van der Waals surface area contributed by atoms with E-state index < -0.39 is 9.84 Å². The van der Waals surface area contributed by atoms with E-state index in [9.17, 15) is 8.42 Å². The molecule has 1 unspecified atom stereocenters. The second-order valence-corrected chi connectivity index (χ2v) is 7.56. The molecule has 0 radical (unpaired) electrons. The van der Waals surface area contributed by atoms with E-state index in [0.717, 1.165) is 25.3 Å². The molecule has 1 rings (SSSR count). The van der Waals surface area contributed by atoms with Crippen molar-refractivity contribution in [3.8, 4) is 0 Å². The zero-order chi connectivity index (χ0) is 12.0. The van der Waals surface area contributed by atoms with E-state index in [2.05, 4.69) is 23.5 Å². The highest BCUT2D eigenvalue weighted by Crippen LogP contribution is 2.05. The Hall–Kier alpha value is 0.220. The summed E-state index contributed by atoms with van der Waals surface area (Å²) in [6.45, 7) is 2.65. The van der Waals surface area contributed by atoms with Gasteiger partial charge in [0.05, 0.1) is 11.5 Å². The molecule has 4 nitrogen and oxygen atoms in total. The first kappa shape index (κ1) is 14.3. The highest BCUT2D eigenvalue weighted by molar-refractivity contribution is 7.98. The lowest BCUT2D eigenvalue weighted by Gasteiger charge is -2.25. The largest absolute Gasteiger partial charge is 0.312 e. The molecule has 0 aromatic rings. The van der Waals surface area contributed by atoms with Gasteiger partial charge in [-0.1, -0.05) is 0 Å². The molecule has 0 aliphatic carbocycles. The Morgan fingerprint density at radius 2 is 2.19 bits per heavy atom. The molecule has 0 aromatic carbocycles. The Morgan fingerprint density at radius 3 is 2.81 bits per heavy atom. The predicted octanol–water partition coefficient (Wildman–Crippen LogP) is 0.0579. The molecule has 1 heterocycles. The molecule has 6 heteroatoms. The summed E-state index contributed by atoms with van der Waals surface area (Å²) in [5.74, 6) is 1.74. The molecule has 96 valence electrons. The highest BCUT2D eigenvalue weighted by atomic mass is 32.2. The maximum absolute atomic E-state index is 11.4. The van der Waals surface area contributed by atoms with Gasteiger partial charge in [-0.05, 0) is 26.3 Å². The van der Waals surface area contributed by atoms with E-state index in [0.29, 0.717) is 18.1 Å². The molecule has 1 fully saturated rings. The second kappa shape index (κ2) is 6.83. The number of sulfone groups is 1. The summed E-state index contributed by atoms with van der Waals surface area (Å²) in [5, 5.41) is 3.28. The fourth-order valence-corrected chi connectivity index (χ4v) is 3.78. The highest BCUT2D eigenvalue weighted by Gasteiger charge is 2.23. The van der Waals surface area contributed by atoms with Crippen LogP contribution in [0.3, 0.4) is 0 Å². The molecular formula is C10H22N2O2S2. The molecule has 1 N–H and O–H groups in total. The average molecular weight is 266 g/mol. The van der Waals surface area contributed by atoms with Gasteiger partial charge in [-0.25, -0.2) is 8.42 Å². The zero-order valence-electron chi connectivity index (χ0n) is 10.1. The predicted molar refractivity (Wildman–Crippen MR) is 70.9 cm³/mol. The Bertz CT molecular complexity index is 293. The van der Waals surface area contributed by atoms with Crippen LogP contribution >= 0.6 is 11.8 Å². The summed E-state index contributed by atoms with van der Waals surface area (Å²) in [6.07, 6.45) is 3.02. The number of hydrogen-bond acceptors (Lipinski definition) is 5. The minimum atomic E-state index is -2.78. The van der Waals surface area contributed by atoms with Crippen molar-refractivity contribution < 1.29 is 8.42 Å². The first-order valence-electron chi connectivity index (χ1n) is 5.65. The first-order chi connectivity index (χ1) is 7.53. The van der Waals surface area contributed by atoms with Gasteiger partial charge in [0.15, 0.2) is 9.84 Å². The molecule has 1 atom stereocenters. The van der Waals surface area contributed by atoms with Crippen LogP contribution in [0.15, 0.2) is 0 Å². The lowest BCUT2D eigenvalue weighted by Crippen LogP contribution is -2.46. The third-order valence-corrected chi connectivity index (χ3v) is 5.16. The van der Waals surface area contributed by atoms with Crippen LogP contribution in [0.4, 0.5) is 0 Å². The topological polar surface area (TPSA) is 49.4 Å². The minimum Gasteiger partial charge on any atom is -0.312 e. The number of rotatable bonds is 6. The fourth-order valence-electron chi connectivity index (χ4n) is 1.79. The summed E-state index contributed by atoms with van der Waals surface area (Å²) in [4.78, 5) is 2.26. The Balaban J connectivity index is 2.22. The molecule has 1 aliphatic rings. The van der Waals surface area contributed by atoms with Gasteiger partial charge >= 0.3 is 0 Å². The molecule has 16 heavy (non-hydrogen) atoms. The van der Waals surface area contributed by atoms with Gasteiger partial charge in [0, 0.05) is 24.9 Å². The first-order valence-corrected chi connectivity index (χ1v) is 8.86. The van der Waals surface area contributed by atoms with Gasteiger partial charge in [-0.15, -0.1) is 0 Å². The number of hydrogen-bond donors (Lipinski definition) is 1. The van der Waals surface area contributed by atoms with Crippen LogP contribution in [-0.4, -0.2) is 69.6 Å². The van der Waals surface area contributed by atoms with Crippen LogP contribution in [0.25, 0.3) is 0 Å². The number of nitrogens with one attached hydrogen (secondary N) is 1. The zero-order valence-corrected chi connectivity index (χ0v) is 11.7. The maximum Gasteiger partial charge on any atom is 0.153 e. The monoisotopic (exact) mass is 266 g/mol. The summed E-state index contributed by atoms with van der Waals surface area (Å²) >= 11 is 1.84. The van der Waals surface area contributed by atoms with Crippen LogP contribution in [-0.2, 0) is 9.84 Å². The molecule has 0 bridgehead atoms. The van der Waals surface area contributed by atoms with E-state index in [1.165, 1.54) is 0 Å². The van der Waals surface area contributed by atoms with Crippen molar-refractivity contribution in [2.24, 2.45) is 0 Å². The van der Waals surface area contributed by atoms with Crippen molar-refractivity contribution in [3.05, 3.63) is 0 Å². The van der Waals surface area contributed by atoms with Gasteiger partial charge in [-0.3, -0.25) is 0 Å². The van der Waals surface area contributed by atoms with Crippen LogP contribution in [0.1, 0.15) is 6.42 Å². The van der Waals surface area contributed by atoms with Crippen molar-refractivity contribution in [3.63, 3.8) is 0 Å². The normalized spacial score (nSPS) is 24.8. The Labute approximate surface area is 103 Å². The number of nitrogens with zero attached hydrogens (tertiary/aromatic N) is 1. The van der Waals surface area contributed by atoms with Gasteiger partial charge in [0.1, 0.15) is 0 Å². The van der Waals surface area contributed by atoms with Gasteiger partial charge in [-0.2, -0.15) is 11.8 Å². The quantitative estimate of drug-likeness (QED) is 0.737. The standard InChI is InChI=1S/C10H22N2O2S2/c1-12(6-7-15-2)5-3-10-9-16(13,14)8-4-11-10/h10-11H,3-9H2,1-2H3. The van der Waals surface area contributed by atoms with E-state index in [-0.39, 0.29) is 6.04 Å². The van der Waals surface area contributed by atoms with Crippen molar-refractivity contribution in [1.82, 2.24) is 10.2 Å². The Kier molecular flexibility index (Phi) is 6.10. The van der Waals surface area contributed by atoms with Crippen LogP contribution in [0.5, 0.6) is 0 Å². The molecule has 0 aromatic heterocycles. The lowest BCUT2D eigenvalue weighted by molar-refractivity contribution is 0.327. The molecule has 1 aliphatic heterocycles. The molecule has 0 amide bonds. The SMILES string of the molecule is CSCCN(C)CCC1CS(=O)(=O)CCN1. The van der Waals surface area contributed by atoms with E-state index >= 15 is 0 Å². The summed E-state index contributed by atoms with van der Waals surface area (Å²) in [7, 11) is -0.691. The third kappa shape index (κ3) is 5.52. The average Bonchev–Trinajstić information content (AvgIpc) is 2.22. The van der Waals surface area contributed by atoms with Crippen molar-refractivity contribution in [1.29, 1.82) is 0 Å². The maximum atomic E-state index is 11.4. The van der Waals surface area contributed by atoms with Gasteiger partial charge < -0.3 is 10.2 Å².